The lowest BCUT2D eigenvalue weighted by atomic mass is 10.2. The summed E-state index contributed by atoms with van der Waals surface area (Å²) in [5.41, 5.74) is 0.286. The minimum absolute atomic E-state index is 0.118. The van der Waals surface area contributed by atoms with Gasteiger partial charge in [-0.1, -0.05) is 11.6 Å². The number of pyridine rings is 1. The summed E-state index contributed by atoms with van der Waals surface area (Å²) in [5, 5.41) is 4.61. The summed E-state index contributed by atoms with van der Waals surface area (Å²) < 4.78 is 37.8. The predicted octanol–water partition coefficient (Wildman–Crippen LogP) is 4.74. The maximum Gasteiger partial charge on any atom is 0.416 e. The number of nitrogens with zero attached hydrogens (tertiary/aromatic N) is 1. The molecule has 0 fully saturated rings. The largest absolute Gasteiger partial charge is 0.416 e. The van der Waals surface area contributed by atoms with Gasteiger partial charge in [0.25, 0.3) is 0 Å². The van der Waals surface area contributed by atoms with Gasteiger partial charge in [0, 0.05) is 4.88 Å². The Kier molecular flexibility index (Phi) is 4.01. The van der Waals surface area contributed by atoms with Gasteiger partial charge in [0.05, 0.1) is 12.1 Å². The number of thiophene rings is 1. The first-order valence-electron chi connectivity index (χ1n) is 5.38. The van der Waals surface area contributed by atoms with Crippen LogP contribution in [0.5, 0.6) is 0 Å². The first kappa shape index (κ1) is 14.1. The highest BCUT2D eigenvalue weighted by atomic mass is 35.5. The second-order valence-corrected chi connectivity index (χ2v) is 5.33. The van der Waals surface area contributed by atoms with Crippen LogP contribution in [-0.2, 0) is 12.7 Å². The summed E-state index contributed by atoms with van der Waals surface area (Å²) in [7, 11) is 0. The monoisotopic (exact) mass is 306 g/mol. The first-order chi connectivity index (χ1) is 8.86. The highest BCUT2D eigenvalue weighted by Gasteiger charge is 2.31. The summed E-state index contributed by atoms with van der Waals surface area (Å²) in [5.74, 6) is 0.118. The molecule has 0 unspecified atom stereocenters. The van der Waals surface area contributed by atoms with Gasteiger partial charge in [-0.25, -0.2) is 4.98 Å². The third-order valence-electron chi connectivity index (χ3n) is 2.52. The van der Waals surface area contributed by atoms with E-state index in [1.165, 1.54) is 11.3 Å². The van der Waals surface area contributed by atoms with Crippen LogP contribution in [0.15, 0.2) is 23.6 Å². The zero-order valence-electron chi connectivity index (χ0n) is 9.88. The number of hydrogen-bond acceptors (Lipinski definition) is 3. The molecule has 102 valence electrons. The highest BCUT2D eigenvalue weighted by molar-refractivity contribution is 7.10. The maximum absolute atomic E-state index is 12.6. The van der Waals surface area contributed by atoms with E-state index in [0.29, 0.717) is 6.54 Å². The molecule has 2 rings (SSSR count). The van der Waals surface area contributed by atoms with Crippen LogP contribution >= 0.6 is 22.9 Å². The molecule has 0 aliphatic rings. The molecule has 0 aliphatic carbocycles. The molecule has 0 aromatic carbocycles. The molecule has 0 bridgehead atoms. The molecule has 7 heteroatoms. The summed E-state index contributed by atoms with van der Waals surface area (Å²) in [4.78, 5) is 4.89. The molecule has 0 aliphatic heterocycles. The molecule has 1 N–H and O–H groups in total. The van der Waals surface area contributed by atoms with Crippen LogP contribution in [0.2, 0.25) is 5.15 Å². The van der Waals surface area contributed by atoms with Crippen molar-refractivity contribution in [2.75, 3.05) is 5.32 Å². The van der Waals surface area contributed by atoms with E-state index >= 15 is 0 Å². The lowest BCUT2D eigenvalue weighted by molar-refractivity contribution is -0.137. The van der Waals surface area contributed by atoms with Gasteiger partial charge < -0.3 is 5.32 Å². The average molecular weight is 307 g/mol. The molecule has 0 amide bonds. The van der Waals surface area contributed by atoms with Crippen molar-refractivity contribution in [3.8, 4) is 0 Å². The fourth-order valence-corrected chi connectivity index (χ4v) is 2.56. The van der Waals surface area contributed by atoms with Gasteiger partial charge in [0.15, 0.2) is 0 Å². The van der Waals surface area contributed by atoms with Crippen molar-refractivity contribution in [2.24, 2.45) is 0 Å². The Morgan fingerprint density at radius 1 is 1.37 bits per heavy atom. The molecule has 2 heterocycles. The van der Waals surface area contributed by atoms with E-state index in [0.717, 1.165) is 22.6 Å². The fourth-order valence-electron chi connectivity index (χ4n) is 1.51. The Morgan fingerprint density at radius 2 is 2.11 bits per heavy atom. The van der Waals surface area contributed by atoms with Crippen LogP contribution in [0.1, 0.15) is 16.0 Å². The summed E-state index contributed by atoms with van der Waals surface area (Å²) in [6, 6.07) is 3.71. The number of aryl methyl sites for hydroxylation is 1. The molecule has 0 saturated heterocycles. The number of hydrogen-bond donors (Lipinski definition) is 1. The third kappa shape index (κ3) is 3.61. The number of nitrogens with one attached hydrogen (secondary N) is 1. The van der Waals surface area contributed by atoms with Crippen molar-refractivity contribution >= 4 is 28.8 Å². The molecule has 0 atom stereocenters. The Labute approximate surface area is 117 Å². The van der Waals surface area contributed by atoms with Crippen molar-refractivity contribution in [1.29, 1.82) is 0 Å². The van der Waals surface area contributed by atoms with Crippen molar-refractivity contribution in [3.05, 3.63) is 44.7 Å². The average Bonchev–Trinajstić information content (AvgIpc) is 2.70. The quantitative estimate of drug-likeness (QED) is 0.829. The predicted molar refractivity (Wildman–Crippen MR) is 70.6 cm³/mol. The summed E-state index contributed by atoms with van der Waals surface area (Å²) in [6.07, 6.45) is -4.43. The van der Waals surface area contributed by atoms with Gasteiger partial charge in [-0.05, 0) is 36.1 Å². The van der Waals surface area contributed by atoms with Gasteiger partial charge in [0.1, 0.15) is 11.0 Å². The van der Waals surface area contributed by atoms with Gasteiger partial charge in [-0.3, -0.25) is 0 Å². The Balaban J connectivity index is 2.17. The van der Waals surface area contributed by atoms with Crippen LogP contribution in [0.4, 0.5) is 19.0 Å². The number of rotatable bonds is 3. The Morgan fingerprint density at radius 3 is 2.68 bits per heavy atom. The molecular weight excluding hydrogens is 297 g/mol. The summed E-state index contributed by atoms with van der Waals surface area (Å²) >= 11 is 7.14. The third-order valence-corrected chi connectivity index (χ3v) is 3.74. The molecular formula is C12H10ClF3N2S. The second kappa shape index (κ2) is 5.38. The molecule has 0 radical (unpaired) electrons. The van der Waals surface area contributed by atoms with Gasteiger partial charge in [0.2, 0.25) is 0 Å². The number of halogens is 4. The van der Waals surface area contributed by atoms with Crippen molar-refractivity contribution in [3.63, 3.8) is 0 Å². The standard InChI is InChI=1S/C12H10ClF3N2S/c1-7-2-3-19-9(7)6-17-11-5-8(12(14,15)16)4-10(13)18-11/h2-5H,6H2,1H3,(H,17,18). The van der Waals surface area contributed by atoms with Crippen molar-refractivity contribution < 1.29 is 13.2 Å². The number of alkyl halides is 3. The smallest absolute Gasteiger partial charge is 0.365 e. The normalized spacial score (nSPS) is 11.6. The molecule has 2 aromatic heterocycles. The molecule has 2 aromatic rings. The van der Waals surface area contributed by atoms with E-state index in [-0.39, 0.29) is 11.0 Å². The molecule has 0 spiro atoms. The Hall–Kier alpha value is -1.27. The molecule has 19 heavy (non-hydrogen) atoms. The SMILES string of the molecule is Cc1ccsc1CNc1cc(C(F)(F)F)cc(Cl)n1. The van der Waals surface area contributed by atoms with E-state index in [2.05, 4.69) is 10.3 Å². The van der Waals surface area contributed by atoms with Crippen LogP contribution in [0, 0.1) is 6.92 Å². The molecule has 2 nitrogen and oxygen atoms in total. The van der Waals surface area contributed by atoms with Crippen molar-refractivity contribution in [1.82, 2.24) is 4.98 Å². The van der Waals surface area contributed by atoms with E-state index < -0.39 is 11.7 Å². The van der Waals surface area contributed by atoms with Gasteiger partial charge >= 0.3 is 6.18 Å². The van der Waals surface area contributed by atoms with Gasteiger partial charge in [-0.2, -0.15) is 13.2 Å². The zero-order chi connectivity index (χ0) is 14.0. The van der Waals surface area contributed by atoms with Crippen molar-refractivity contribution in [2.45, 2.75) is 19.6 Å². The van der Waals surface area contributed by atoms with Gasteiger partial charge in [-0.15, -0.1) is 11.3 Å². The zero-order valence-corrected chi connectivity index (χ0v) is 11.5. The number of aromatic nitrogens is 1. The second-order valence-electron chi connectivity index (χ2n) is 3.94. The van der Waals surface area contributed by atoms with E-state index in [4.69, 9.17) is 11.6 Å². The first-order valence-corrected chi connectivity index (χ1v) is 6.63. The topological polar surface area (TPSA) is 24.9 Å². The van der Waals surface area contributed by atoms with Crippen LogP contribution in [-0.4, -0.2) is 4.98 Å². The minimum Gasteiger partial charge on any atom is -0.365 e. The maximum atomic E-state index is 12.6. The fraction of sp³-hybridized carbons (Fsp3) is 0.250. The van der Waals surface area contributed by atoms with E-state index in [1.54, 1.807) is 0 Å². The minimum atomic E-state index is -4.43. The summed E-state index contributed by atoms with van der Waals surface area (Å²) in [6.45, 7) is 2.37. The van der Waals surface area contributed by atoms with Crippen LogP contribution in [0.3, 0.4) is 0 Å². The van der Waals surface area contributed by atoms with E-state index in [1.807, 2.05) is 18.4 Å². The Bertz CT molecular complexity index is 581. The van der Waals surface area contributed by atoms with E-state index in [9.17, 15) is 13.2 Å². The number of anilines is 1. The lowest BCUT2D eigenvalue weighted by Crippen LogP contribution is -2.08. The lowest BCUT2D eigenvalue weighted by Gasteiger charge is -2.10. The molecule has 0 saturated carbocycles. The highest BCUT2D eigenvalue weighted by Crippen LogP contribution is 2.32. The van der Waals surface area contributed by atoms with Crippen LogP contribution < -0.4 is 5.32 Å². The van der Waals surface area contributed by atoms with Crippen LogP contribution in [0.25, 0.3) is 0 Å².